The number of rotatable bonds is 6. The smallest absolute Gasteiger partial charge is 0.167 e. The SMILES string of the molecule is c1cc2ccc3ccc(-c4ccc(-c5ccc6c(c5)nc5c7cccnc7c7ncccc7n65)cc4)c4ccc(c1)c2c34.c1ccc2cc(-c3c4ccccc4c(-c4ccc5ccccc5c4)c4cc(-c5ccc6c(c5)nc5c7ncccc7c7ncccc7n65)ccc34)ccc2c1.c1ccc2cc(-c3ccc4c(c3)nc3c5nccnc5c5nccnc5n43)ccc2c1. The normalized spacial score (nSPS) is 12.0. The topological polar surface area (TPSA) is 155 Å². The molecule has 0 aliphatic rings. The molecule has 0 spiro atoms. The third-order valence-corrected chi connectivity index (χ3v) is 26.2. The van der Waals surface area contributed by atoms with Gasteiger partial charge in [0.15, 0.2) is 16.9 Å². The fraction of sp³-hybridized carbons (Fsp3) is 0. The Labute approximate surface area is 733 Å². The van der Waals surface area contributed by atoms with Crippen molar-refractivity contribution in [1.29, 1.82) is 0 Å². The minimum Gasteiger partial charge on any atom is -0.290 e. The Morgan fingerprint density at radius 1 is 0.163 bits per heavy atom. The van der Waals surface area contributed by atoms with Crippen molar-refractivity contribution in [2.45, 2.75) is 0 Å². The maximum atomic E-state index is 5.23. The molecule has 0 saturated heterocycles. The quantitative estimate of drug-likeness (QED) is 0.115. The second-order valence-corrected chi connectivity index (χ2v) is 33.2. The third-order valence-electron chi connectivity index (χ3n) is 26.2. The monoisotopic (exact) mass is 1640 g/mol. The molecule has 0 bridgehead atoms. The number of hydrogen-bond donors (Lipinski definition) is 0. The Bertz CT molecular complexity index is 9810. The van der Waals surface area contributed by atoms with Crippen LogP contribution in [0.2, 0.25) is 0 Å². The van der Waals surface area contributed by atoms with Crippen molar-refractivity contribution >= 4 is 202 Å². The van der Waals surface area contributed by atoms with Crippen LogP contribution in [0.1, 0.15) is 0 Å². The summed E-state index contributed by atoms with van der Waals surface area (Å²) in [5.74, 6) is 0. The highest BCUT2D eigenvalue weighted by atomic mass is 15.1. The van der Waals surface area contributed by atoms with Crippen molar-refractivity contribution in [1.82, 2.24) is 68.0 Å². The van der Waals surface area contributed by atoms with Gasteiger partial charge in [-0.15, -0.1) is 0 Å². The summed E-state index contributed by atoms with van der Waals surface area (Å²) in [6.45, 7) is 0. The predicted octanol–water partition coefficient (Wildman–Crippen LogP) is 28.2. The van der Waals surface area contributed by atoms with E-state index in [2.05, 4.69) is 366 Å². The zero-order valence-electron chi connectivity index (χ0n) is 68.9. The summed E-state index contributed by atoms with van der Waals surface area (Å²) in [6.07, 6.45) is 14.1. The Hall–Kier alpha value is -17.8. The van der Waals surface area contributed by atoms with Crippen molar-refractivity contribution in [3.05, 3.63) is 401 Å². The Balaban J connectivity index is 0.000000104. The molecular weight excluding hydrogens is 1580 g/mol. The van der Waals surface area contributed by atoms with Crippen LogP contribution in [0.15, 0.2) is 401 Å². The van der Waals surface area contributed by atoms with E-state index in [0.29, 0.717) is 5.52 Å². The van der Waals surface area contributed by atoms with Crippen LogP contribution in [0.5, 0.6) is 0 Å². The molecule has 17 aromatic carbocycles. The average molecular weight is 1640 g/mol. The molecule has 0 atom stereocenters. The molecule has 0 fully saturated rings. The number of benzene rings is 17. The number of hydrogen-bond acceptors (Lipinski definition) is 11. The molecule has 0 aliphatic carbocycles. The molecule has 29 rings (SSSR count). The summed E-state index contributed by atoms with van der Waals surface area (Å²) in [5, 5.41) is 22.2. The van der Waals surface area contributed by atoms with Gasteiger partial charge in [0, 0.05) is 60.3 Å². The molecule has 0 radical (unpaired) electrons. The number of aromatic nitrogens is 14. The van der Waals surface area contributed by atoms with E-state index >= 15 is 0 Å². The van der Waals surface area contributed by atoms with Crippen LogP contribution in [0.4, 0.5) is 0 Å². The molecule has 0 saturated carbocycles. The third kappa shape index (κ3) is 11.3. The Kier molecular flexibility index (Phi) is 15.8. The van der Waals surface area contributed by atoms with Gasteiger partial charge in [-0.3, -0.25) is 38.1 Å². The highest BCUT2D eigenvalue weighted by molar-refractivity contribution is 6.27. The lowest BCUT2D eigenvalue weighted by Crippen LogP contribution is -1.97. The maximum Gasteiger partial charge on any atom is 0.167 e. The van der Waals surface area contributed by atoms with E-state index in [1.54, 1.807) is 24.8 Å². The van der Waals surface area contributed by atoms with Gasteiger partial charge in [-0.05, 0) is 262 Å². The molecule has 12 heterocycles. The van der Waals surface area contributed by atoms with Crippen molar-refractivity contribution < 1.29 is 0 Å². The van der Waals surface area contributed by atoms with Gasteiger partial charge in [-0.25, -0.2) is 29.9 Å². The van der Waals surface area contributed by atoms with E-state index in [1.807, 2.05) is 53.5 Å². The van der Waals surface area contributed by atoms with Gasteiger partial charge in [0.2, 0.25) is 0 Å². The Morgan fingerprint density at radius 3 is 1.19 bits per heavy atom. The van der Waals surface area contributed by atoms with Crippen LogP contribution in [0.25, 0.3) is 269 Å². The fourth-order valence-electron chi connectivity index (χ4n) is 20.3. The first kappa shape index (κ1) is 71.8. The first-order valence-corrected chi connectivity index (χ1v) is 43.2. The lowest BCUT2D eigenvalue weighted by Gasteiger charge is -2.19. The zero-order chi connectivity index (χ0) is 84.5. The number of nitrogens with zero attached hydrogens (tertiary/aromatic N) is 14. The minimum absolute atomic E-state index is 0.711. The largest absolute Gasteiger partial charge is 0.290 e. The number of imidazole rings is 3. The first-order chi connectivity index (χ1) is 63.9. The molecule has 0 amide bonds. The van der Waals surface area contributed by atoms with Gasteiger partial charge in [0.05, 0.1) is 49.7 Å². The molecule has 0 unspecified atom stereocenters. The lowest BCUT2D eigenvalue weighted by atomic mass is 9.84. The summed E-state index contributed by atoms with van der Waals surface area (Å²) in [7, 11) is 0. The van der Waals surface area contributed by atoms with E-state index < -0.39 is 0 Å². The lowest BCUT2D eigenvalue weighted by molar-refractivity contribution is 1.17. The first-order valence-electron chi connectivity index (χ1n) is 43.2. The molecule has 129 heavy (non-hydrogen) atoms. The van der Waals surface area contributed by atoms with Crippen molar-refractivity contribution in [2.75, 3.05) is 0 Å². The fourth-order valence-corrected chi connectivity index (χ4v) is 20.3. The van der Waals surface area contributed by atoms with E-state index in [4.69, 9.17) is 24.9 Å². The van der Waals surface area contributed by atoms with Gasteiger partial charge >= 0.3 is 0 Å². The average Bonchev–Trinajstić information content (AvgIpc) is 1.61. The summed E-state index contributed by atoms with van der Waals surface area (Å²) in [6, 6.07) is 127. The molecule has 0 N–H and O–H groups in total. The summed E-state index contributed by atoms with van der Waals surface area (Å²) < 4.78 is 6.44. The summed E-state index contributed by atoms with van der Waals surface area (Å²) >= 11 is 0. The Morgan fingerprint density at radius 2 is 0.543 bits per heavy atom. The van der Waals surface area contributed by atoms with E-state index in [1.165, 1.54) is 125 Å². The standard InChI is InChI=1S/C51H30N4.C39H22N4.C25H14N6/c1-3-11-33-27-37(19-17-31(33)9-1)47-39-13-5-6-14-40(39)48(38-20-18-32-10-2-4-12-34(32)28-38)43-29-35(21-23-41(43)47)36-22-24-45-44(30-36)54-51-50-42(15-7-25-53-50)49-46(55(45)51)16-8-26-52-49;1-4-25-12-13-27-14-17-29(30-18-15-26(5-1)35(25)36(27)30)24-10-8-23(9-11-24)28-16-19-33-32(22-28)42-39-31-6-2-20-40-37(31)38-34(43(33)39)7-3-21-41-38;1-2-4-16-13-17(6-5-15(16)3-1)18-7-8-20-19(14-18)30-25-23-21(26-9-10-28-23)22-24(31(20)25)29-12-11-27-22/h1-30H;1-22H;1-14H. The maximum absolute atomic E-state index is 5.23. The number of fused-ring (bicyclic) bond motifs is 29. The van der Waals surface area contributed by atoms with Crippen molar-refractivity contribution in [3.63, 3.8) is 0 Å². The van der Waals surface area contributed by atoms with Gasteiger partial charge < -0.3 is 0 Å². The highest BCUT2D eigenvalue weighted by Gasteiger charge is 2.24. The summed E-state index contributed by atoms with van der Waals surface area (Å²) in [5.41, 5.74) is 31.0. The van der Waals surface area contributed by atoms with Gasteiger partial charge in [-0.2, -0.15) is 0 Å². The molecule has 12 aromatic heterocycles. The van der Waals surface area contributed by atoms with Gasteiger partial charge in [-0.1, -0.05) is 243 Å². The molecule has 596 valence electrons. The predicted molar refractivity (Wildman–Crippen MR) is 529 cm³/mol. The molecule has 14 heteroatoms. The van der Waals surface area contributed by atoms with Crippen molar-refractivity contribution in [3.8, 4) is 66.8 Å². The van der Waals surface area contributed by atoms with Crippen molar-refractivity contribution in [2.24, 2.45) is 0 Å². The second-order valence-electron chi connectivity index (χ2n) is 33.2. The van der Waals surface area contributed by atoms with Crippen LogP contribution in [0.3, 0.4) is 0 Å². The zero-order valence-corrected chi connectivity index (χ0v) is 68.9. The number of pyridine rings is 7. The van der Waals surface area contributed by atoms with E-state index in [0.717, 1.165) is 138 Å². The van der Waals surface area contributed by atoms with Crippen LogP contribution in [-0.4, -0.2) is 68.0 Å². The highest BCUT2D eigenvalue weighted by Crippen LogP contribution is 2.48. The summed E-state index contributed by atoms with van der Waals surface area (Å²) in [4.78, 5) is 52.3. The van der Waals surface area contributed by atoms with E-state index in [-0.39, 0.29) is 0 Å². The molecule has 14 nitrogen and oxygen atoms in total. The second kappa shape index (κ2) is 28.4. The van der Waals surface area contributed by atoms with Crippen LogP contribution >= 0.6 is 0 Å². The van der Waals surface area contributed by atoms with Gasteiger partial charge in [0.25, 0.3) is 0 Å². The van der Waals surface area contributed by atoms with E-state index in [9.17, 15) is 0 Å². The van der Waals surface area contributed by atoms with Gasteiger partial charge in [0.1, 0.15) is 38.7 Å². The van der Waals surface area contributed by atoms with Crippen LogP contribution in [0, 0.1) is 0 Å². The molecular formula is C115H66N14. The van der Waals surface area contributed by atoms with Crippen LogP contribution in [-0.2, 0) is 0 Å². The molecule has 29 aromatic rings. The van der Waals surface area contributed by atoms with Crippen LogP contribution < -0.4 is 0 Å². The molecule has 0 aliphatic heterocycles. The minimum atomic E-state index is 0.711.